The Kier molecular flexibility index (Phi) is 5.57. The molecule has 98 valence electrons. The van der Waals surface area contributed by atoms with Crippen LogP contribution in [-0.2, 0) is 9.53 Å². The maximum atomic E-state index is 12.8. The lowest BCUT2D eigenvalue weighted by atomic mass is 10.3. The molecule has 0 bridgehead atoms. The molecular weight excluding hydrogens is 307 g/mol. The molecule has 0 heterocycles. The highest BCUT2D eigenvalue weighted by atomic mass is 79.9. The minimum absolute atomic E-state index is 0.224. The van der Waals surface area contributed by atoms with Crippen molar-refractivity contribution in [3.63, 3.8) is 0 Å². The second-order valence-corrected chi connectivity index (χ2v) is 4.09. The topological polar surface area (TPSA) is 67.4 Å². The number of ether oxygens (including phenoxy) is 1. The molecule has 7 heteroatoms. The predicted octanol–water partition coefficient (Wildman–Crippen LogP) is 2.27. The zero-order valence-corrected chi connectivity index (χ0v) is 11.2. The Morgan fingerprint density at radius 2 is 2.17 bits per heavy atom. The third kappa shape index (κ3) is 4.70. The van der Waals surface area contributed by atoms with Crippen LogP contribution in [0.5, 0.6) is 0 Å². The van der Waals surface area contributed by atoms with Gasteiger partial charge in [-0.05, 0) is 41.1 Å². The Labute approximate surface area is 112 Å². The summed E-state index contributed by atoms with van der Waals surface area (Å²) in [6.07, 6.45) is 0. The van der Waals surface area contributed by atoms with Crippen LogP contribution < -0.4 is 10.6 Å². The number of halogens is 2. The van der Waals surface area contributed by atoms with Gasteiger partial charge in [0, 0.05) is 4.47 Å². The molecule has 18 heavy (non-hydrogen) atoms. The first-order valence-electron chi connectivity index (χ1n) is 5.18. The van der Waals surface area contributed by atoms with E-state index in [9.17, 15) is 14.0 Å². The van der Waals surface area contributed by atoms with Crippen molar-refractivity contribution in [1.29, 1.82) is 0 Å². The van der Waals surface area contributed by atoms with Crippen LogP contribution in [0, 0.1) is 5.82 Å². The van der Waals surface area contributed by atoms with Gasteiger partial charge in [-0.15, -0.1) is 0 Å². The van der Waals surface area contributed by atoms with Gasteiger partial charge in [0.1, 0.15) is 12.4 Å². The molecule has 1 aromatic carbocycles. The third-order valence-corrected chi connectivity index (χ3v) is 2.53. The lowest BCUT2D eigenvalue weighted by Gasteiger charge is -2.08. The van der Waals surface area contributed by atoms with Crippen molar-refractivity contribution in [2.75, 3.05) is 18.5 Å². The van der Waals surface area contributed by atoms with Gasteiger partial charge in [0.25, 0.3) is 0 Å². The number of carbonyl (C=O) groups is 2. The van der Waals surface area contributed by atoms with Gasteiger partial charge in [0.05, 0.1) is 12.3 Å². The van der Waals surface area contributed by atoms with Crippen LogP contribution >= 0.6 is 15.9 Å². The molecule has 1 aromatic rings. The SMILES string of the molecule is CCOC(=O)CNC(=O)Nc1ccc(F)cc1Br. The van der Waals surface area contributed by atoms with Crippen LogP contribution in [0.2, 0.25) is 0 Å². The molecule has 0 radical (unpaired) electrons. The number of rotatable bonds is 4. The van der Waals surface area contributed by atoms with E-state index in [-0.39, 0.29) is 13.2 Å². The highest BCUT2D eigenvalue weighted by molar-refractivity contribution is 9.10. The van der Waals surface area contributed by atoms with E-state index in [2.05, 4.69) is 31.3 Å². The smallest absolute Gasteiger partial charge is 0.325 e. The van der Waals surface area contributed by atoms with Gasteiger partial charge in [0.2, 0.25) is 0 Å². The molecule has 1 rings (SSSR count). The van der Waals surface area contributed by atoms with E-state index < -0.39 is 17.8 Å². The van der Waals surface area contributed by atoms with Crippen molar-refractivity contribution in [1.82, 2.24) is 5.32 Å². The summed E-state index contributed by atoms with van der Waals surface area (Å²) in [6, 6.07) is 3.27. The second kappa shape index (κ2) is 6.95. The number of esters is 1. The van der Waals surface area contributed by atoms with Crippen LogP contribution in [-0.4, -0.2) is 25.2 Å². The van der Waals surface area contributed by atoms with Gasteiger partial charge in [0.15, 0.2) is 0 Å². The van der Waals surface area contributed by atoms with Crippen LogP contribution in [0.15, 0.2) is 22.7 Å². The zero-order valence-electron chi connectivity index (χ0n) is 9.63. The average molecular weight is 319 g/mol. The van der Waals surface area contributed by atoms with E-state index in [0.29, 0.717) is 10.2 Å². The van der Waals surface area contributed by atoms with Crippen molar-refractivity contribution in [2.45, 2.75) is 6.92 Å². The second-order valence-electron chi connectivity index (χ2n) is 3.24. The first-order valence-corrected chi connectivity index (χ1v) is 5.97. The van der Waals surface area contributed by atoms with Crippen molar-refractivity contribution >= 4 is 33.6 Å². The van der Waals surface area contributed by atoms with Crippen LogP contribution in [0.25, 0.3) is 0 Å². The number of urea groups is 1. The summed E-state index contributed by atoms with van der Waals surface area (Å²) in [6.45, 7) is 1.71. The molecule has 0 saturated heterocycles. The van der Waals surface area contributed by atoms with Gasteiger partial charge in [-0.1, -0.05) is 0 Å². The Morgan fingerprint density at radius 1 is 1.44 bits per heavy atom. The summed E-state index contributed by atoms with van der Waals surface area (Å²) < 4.78 is 17.9. The van der Waals surface area contributed by atoms with Crippen LogP contribution in [0.4, 0.5) is 14.9 Å². The number of hydrogen-bond donors (Lipinski definition) is 2. The molecule has 2 amide bonds. The molecule has 2 N–H and O–H groups in total. The molecular formula is C11H12BrFN2O3. The number of benzene rings is 1. The fraction of sp³-hybridized carbons (Fsp3) is 0.273. The Balaban J connectivity index is 2.47. The zero-order chi connectivity index (χ0) is 13.5. The first kappa shape index (κ1) is 14.4. The number of carbonyl (C=O) groups excluding carboxylic acids is 2. The lowest BCUT2D eigenvalue weighted by Crippen LogP contribution is -2.34. The maximum Gasteiger partial charge on any atom is 0.325 e. The summed E-state index contributed by atoms with van der Waals surface area (Å²) in [5, 5.41) is 4.78. The summed E-state index contributed by atoms with van der Waals surface area (Å²) in [5.41, 5.74) is 0.401. The van der Waals surface area contributed by atoms with Gasteiger partial charge in [-0.2, -0.15) is 0 Å². The molecule has 0 unspecified atom stereocenters. The van der Waals surface area contributed by atoms with E-state index >= 15 is 0 Å². The molecule has 0 aliphatic rings. The lowest BCUT2D eigenvalue weighted by molar-refractivity contribution is -0.141. The van der Waals surface area contributed by atoms with Crippen LogP contribution in [0.3, 0.4) is 0 Å². The minimum Gasteiger partial charge on any atom is -0.465 e. The number of nitrogens with one attached hydrogen (secondary N) is 2. The Bertz CT molecular complexity index is 454. The minimum atomic E-state index is -0.574. The van der Waals surface area contributed by atoms with Crippen molar-refractivity contribution < 1.29 is 18.7 Å². The summed E-state index contributed by atoms with van der Waals surface area (Å²) in [7, 11) is 0. The molecule has 0 atom stereocenters. The van der Waals surface area contributed by atoms with Crippen molar-refractivity contribution in [3.8, 4) is 0 Å². The molecule has 0 aromatic heterocycles. The number of amides is 2. The largest absolute Gasteiger partial charge is 0.465 e. The average Bonchev–Trinajstić information content (AvgIpc) is 2.31. The van der Waals surface area contributed by atoms with E-state index in [0.717, 1.165) is 0 Å². The monoisotopic (exact) mass is 318 g/mol. The van der Waals surface area contributed by atoms with Gasteiger partial charge in [-0.3, -0.25) is 4.79 Å². The standard InChI is InChI=1S/C11H12BrFN2O3/c1-2-18-10(16)6-14-11(17)15-9-4-3-7(13)5-8(9)12/h3-5H,2,6H2,1H3,(H2,14,15,17). The van der Waals surface area contributed by atoms with E-state index in [1.807, 2.05) is 0 Å². The normalized spacial score (nSPS) is 9.72. The van der Waals surface area contributed by atoms with Gasteiger partial charge in [-0.25, -0.2) is 9.18 Å². The molecule has 0 aliphatic heterocycles. The highest BCUT2D eigenvalue weighted by Crippen LogP contribution is 2.22. The predicted molar refractivity (Wildman–Crippen MR) is 67.8 cm³/mol. The number of anilines is 1. The molecule has 0 aliphatic carbocycles. The molecule has 0 saturated carbocycles. The number of hydrogen-bond acceptors (Lipinski definition) is 3. The highest BCUT2D eigenvalue weighted by Gasteiger charge is 2.08. The van der Waals surface area contributed by atoms with Crippen molar-refractivity contribution in [3.05, 3.63) is 28.5 Å². The Morgan fingerprint density at radius 3 is 2.78 bits per heavy atom. The fourth-order valence-corrected chi connectivity index (χ4v) is 1.57. The Hall–Kier alpha value is -1.63. The molecule has 5 nitrogen and oxygen atoms in total. The van der Waals surface area contributed by atoms with Gasteiger partial charge < -0.3 is 15.4 Å². The van der Waals surface area contributed by atoms with Crippen molar-refractivity contribution in [2.24, 2.45) is 0 Å². The summed E-state index contributed by atoms with van der Waals surface area (Å²) in [5.74, 6) is -0.940. The summed E-state index contributed by atoms with van der Waals surface area (Å²) in [4.78, 5) is 22.4. The van der Waals surface area contributed by atoms with Crippen LogP contribution in [0.1, 0.15) is 6.92 Å². The molecule has 0 fully saturated rings. The van der Waals surface area contributed by atoms with E-state index in [1.54, 1.807) is 6.92 Å². The van der Waals surface area contributed by atoms with Gasteiger partial charge >= 0.3 is 12.0 Å². The third-order valence-electron chi connectivity index (χ3n) is 1.88. The quantitative estimate of drug-likeness (QED) is 0.837. The summed E-state index contributed by atoms with van der Waals surface area (Å²) >= 11 is 3.11. The molecule has 0 spiro atoms. The maximum absolute atomic E-state index is 12.8. The first-order chi connectivity index (χ1) is 8.52. The van der Waals surface area contributed by atoms with E-state index in [1.165, 1.54) is 18.2 Å². The van der Waals surface area contributed by atoms with E-state index in [4.69, 9.17) is 0 Å². The fourth-order valence-electron chi connectivity index (χ4n) is 1.12.